The highest BCUT2D eigenvalue weighted by Gasteiger charge is 2.43. The molecular weight excluding hydrogens is 132 g/mol. The van der Waals surface area contributed by atoms with Gasteiger partial charge in [0.2, 0.25) is 0 Å². The summed E-state index contributed by atoms with van der Waals surface area (Å²) < 4.78 is 0. The fraction of sp³-hybridized carbons (Fsp3) is 1.00. The first-order valence-electron chi connectivity index (χ1n) is 5.22. The van der Waals surface area contributed by atoms with Crippen LogP contribution in [0.25, 0.3) is 0 Å². The monoisotopic (exact) mass is 152 g/mol. The molecule has 2 aliphatic carbocycles. The van der Waals surface area contributed by atoms with Gasteiger partial charge < -0.3 is 0 Å². The second kappa shape index (κ2) is 2.50. The lowest BCUT2D eigenvalue weighted by atomic mass is 9.67. The van der Waals surface area contributed by atoms with E-state index in [0.717, 1.165) is 17.3 Å². The summed E-state index contributed by atoms with van der Waals surface area (Å²) in [6, 6.07) is 0. The van der Waals surface area contributed by atoms with Crippen LogP contribution in [0.4, 0.5) is 0 Å². The molecule has 0 amide bonds. The summed E-state index contributed by atoms with van der Waals surface area (Å²) in [5, 5.41) is 0. The van der Waals surface area contributed by atoms with Crippen molar-refractivity contribution in [3.8, 4) is 0 Å². The van der Waals surface area contributed by atoms with Crippen molar-refractivity contribution in [3.05, 3.63) is 0 Å². The zero-order chi connectivity index (χ0) is 7.90. The standard InChI is InChI=1S/C11H20/c1-9(2)10-4-7-11(8-10)5-3-6-11/h9-10H,3-8H2,1-2H3/t10-/m1/s1. The fourth-order valence-electron chi connectivity index (χ4n) is 2.95. The van der Waals surface area contributed by atoms with Gasteiger partial charge in [-0.25, -0.2) is 0 Å². The Morgan fingerprint density at radius 3 is 2.18 bits per heavy atom. The van der Waals surface area contributed by atoms with Crippen LogP contribution in [-0.4, -0.2) is 0 Å². The third-order valence-electron chi connectivity index (χ3n) is 4.10. The molecule has 0 heteroatoms. The third kappa shape index (κ3) is 1.21. The van der Waals surface area contributed by atoms with E-state index in [9.17, 15) is 0 Å². The Kier molecular flexibility index (Phi) is 1.74. The van der Waals surface area contributed by atoms with Crippen LogP contribution in [0.5, 0.6) is 0 Å². The largest absolute Gasteiger partial charge is 0.0625 e. The molecule has 0 saturated heterocycles. The van der Waals surface area contributed by atoms with Crippen LogP contribution >= 0.6 is 0 Å². The smallest absolute Gasteiger partial charge is 0.0295 e. The molecule has 0 radical (unpaired) electrons. The SMILES string of the molecule is CC(C)[C@@H]1CCC2(CCC2)C1. The van der Waals surface area contributed by atoms with E-state index in [4.69, 9.17) is 0 Å². The van der Waals surface area contributed by atoms with Gasteiger partial charge in [0.15, 0.2) is 0 Å². The average molecular weight is 152 g/mol. The molecule has 0 aromatic carbocycles. The van der Waals surface area contributed by atoms with E-state index < -0.39 is 0 Å². The highest BCUT2D eigenvalue weighted by molar-refractivity contribution is 4.95. The molecule has 2 aliphatic rings. The molecule has 0 aliphatic heterocycles. The summed E-state index contributed by atoms with van der Waals surface area (Å²) in [7, 11) is 0. The highest BCUT2D eigenvalue weighted by Crippen LogP contribution is 2.56. The molecule has 0 bridgehead atoms. The molecule has 0 aromatic rings. The maximum absolute atomic E-state index is 2.39. The molecular formula is C11H20. The minimum Gasteiger partial charge on any atom is -0.0625 e. The topological polar surface area (TPSA) is 0 Å². The molecule has 2 rings (SSSR count). The zero-order valence-electron chi connectivity index (χ0n) is 7.90. The van der Waals surface area contributed by atoms with Gasteiger partial charge >= 0.3 is 0 Å². The molecule has 1 spiro atoms. The Morgan fingerprint density at radius 1 is 1.18 bits per heavy atom. The van der Waals surface area contributed by atoms with Crippen molar-refractivity contribution in [3.63, 3.8) is 0 Å². The molecule has 0 aromatic heterocycles. The number of rotatable bonds is 1. The first-order chi connectivity index (χ1) is 5.22. The zero-order valence-corrected chi connectivity index (χ0v) is 7.90. The van der Waals surface area contributed by atoms with Crippen molar-refractivity contribution >= 4 is 0 Å². The maximum atomic E-state index is 2.39. The predicted octanol–water partition coefficient (Wildman–Crippen LogP) is 3.61. The maximum Gasteiger partial charge on any atom is -0.0295 e. The summed E-state index contributed by atoms with van der Waals surface area (Å²) in [5.41, 5.74) is 0.870. The van der Waals surface area contributed by atoms with Gasteiger partial charge in [-0.3, -0.25) is 0 Å². The van der Waals surface area contributed by atoms with Crippen LogP contribution in [0.1, 0.15) is 52.4 Å². The summed E-state index contributed by atoms with van der Waals surface area (Å²) in [6.45, 7) is 4.78. The van der Waals surface area contributed by atoms with Gasteiger partial charge in [0.25, 0.3) is 0 Å². The molecule has 2 fully saturated rings. The molecule has 0 N–H and O–H groups in total. The summed E-state index contributed by atoms with van der Waals surface area (Å²) in [4.78, 5) is 0. The van der Waals surface area contributed by atoms with E-state index in [1.165, 1.54) is 12.8 Å². The van der Waals surface area contributed by atoms with Gasteiger partial charge in [-0.15, -0.1) is 0 Å². The highest BCUT2D eigenvalue weighted by atomic mass is 14.5. The second-order valence-corrected chi connectivity index (χ2v) is 5.10. The van der Waals surface area contributed by atoms with E-state index >= 15 is 0 Å². The lowest BCUT2D eigenvalue weighted by Gasteiger charge is -2.38. The normalized spacial score (nSPS) is 34.6. The van der Waals surface area contributed by atoms with E-state index in [2.05, 4.69) is 13.8 Å². The third-order valence-corrected chi connectivity index (χ3v) is 4.10. The van der Waals surface area contributed by atoms with E-state index in [0.29, 0.717) is 0 Å². The molecule has 1 atom stereocenters. The minimum atomic E-state index is 0.870. The van der Waals surface area contributed by atoms with Crippen LogP contribution in [0.2, 0.25) is 0 Å². The molecule has 11 heavy (non-hydrogen) atoms. The van der Waals surface area contributed by atoms with E-state index in [1.807, 2.05) is 0 Å². The molecule has 64 valence electrons. The van der Waals surface area contributed by atoms with Gasteiger partial charge in [0.1, 0.15) is 0 Å². The molecule has 0 unspecified atom stereocenters. The summed E-state index contributed by atoms with van der Waals surface area (Å²) in [5.74, 6) is 2.00. The van der Waals surface area contributed by atoms with Crippen LogP contribution in [0.3, 0.4) is 0 Å². The van der Waals surface area contributed by atoms with E-state index in [1.54, 1.807) is 25.7 Å². The fourth-order valence-corrected chi connectivity index (χ4v) is 2.95. The van der Waals surface area contributed by atoms with Crippen molar-refractivity contribution in [1.29, 1.82) is 0 Å². The van der Waals surface area contributed by atoms with Gasteiger partial charge in [-0.2, -0.15) is 0 Å². The number of hydrogen-bond donors (Lipinski definition) is 0. The van der Waals surface area contributed by atoms with Gasteiger partial charge in [0, 0.05) is 0 Å². The molecule has 0 nitrogen and oxygen atoms in total. The Balaban J connectivity index is 1.93. The molecule has 0 heterocycles. The summed E-state index contributed by atoms with van der Waals surface area (Å²) in [6.07, 6.45) is 9.26. The predicted molar refractivity (Wildman–Crippen MR) is 48.5 cm³/mol. The van der Waals surface area contributed by atoms with E-state index in [-0.39, 0.29) is 0 Å². The van der Waals surface area contributed by atoms with Crippen LogP contribution in [-0.2, 0) is 0 Å². The Bertz CT molecular complexity index is 142. The van der Waals surface area contributed by atoms with Gasteiger partial charge in [-0.05, 0) is 49.4 Å². The Morgan fingerprint density at radius 2 is 1.91 bits per heavy atom. The van der Waals surface area contributed by atoms with Crippen LogP contribution < -0.4 is 0 Å². The Hall–Kier alpha value is 0. The van der Waals surface area contributed by atoms with Gasteiger partial charge in [0.05, 0.1) is 0 Å². The van der Waals surface area contributed by atoms with Crippen molar-refractivity contribution in [2.24, 2.45) is 17.3 Å². The lowest BCUT2D eigenvalue weighted by Crippen LogP contribution is -2.26. The van der Waals surface area contributed by atoms with Crippen LogP contribution in [0, 0.1) is 17.3 Å². The number of hydrogen-bond acceptors (Lipinski definition) is 0. The van der Waals surface area contributed by atoms with Crippen molar-refractivity contribution < 1.29 is 0 Å². The van der Waals surface area contributed by atoms with Crippen molar-refractivity contribution in [2.75, 3.05) is 0 Å². The second-order valence-electron chi connectivity index (χ2n) is 5.10. The first kappa shape index (κ1) is 7.64. The van der Waals surface area contributed by atoms with Crippen molar-refractivity contribution in [2.45, 2.75) is 52.4 Å². The average Bonchev–Trinajstić information content (AvgIpc) is 2.28. The van der Waals surface area contributed by atoms with Gasteiger partial charge in [-0.1, -0.05) is 20.3 Å². The Labute approximate surface area is 70.4 Å². The summed E-state index contributed by atoms with van der Waals surface area (Å²) >= 11 is 0. The van der Waals surface area contributed by atoms with Crippen molar-refractivity contribution in [1.82, 2.24) is 0 Å². The van der Waals surface area contributed by atoms with Crippen LogP contribution in [0.15, 0.2) is 0 Å². The lowest BCUT2D eigenvalue weighted by molar-refractivity contribution is 0.132. The first-order valence-corrected chi connectivity index (χ1v) is 5.22. The molecule has 2 saturated carbocycles. The minimum absolute atomic E-state index is 0.870. The quantitative estimate of drug-likeness (QED) is 0.538.